The maximum atomic E-state index is 13.1. The van der Waals surface area contributed by atoms with E-state index in [4.69, 9.17) is 0 Å². The van der Waals surface area contributed by atoms with Gasteiger partial charge < -0.3 is 10.2 Å². The summed E-state index contributed by atoms with van der Waals surface area (Å²) in [5.74, 6) is -0.197. The van der Waals surface area contributed by atoms with Gasteiger partial charge in [-0.1, -0.05) is 6.07 Å². The van der Waals surface area contributed by atoms with E-state index in [1.54, 1.807) is 17.4 Å². The maximum Gasteiger partial charge on any atom is 0.185 e. The summed E-state index contributed by atoms with van der Waals surface area (Å²) in [6.07, 6.45) is 1.86. The molecule has 1 saturated heterocycles. The highest BCUT2D eigenvalue weighted by Crippen LogP contribution is 2.18. The van der Waals surface area contributed by atoms with Crippen molar-refractivity contribution in [3.63, 3.8) is 0 Å². The van der Waals surface area contributed by atoms with E-state index in [1.165, 1.54) is 12.1 Å². The Morgan fingerprint density at radius 1 is 1.24 bits per heavy atom. The van der Waals surface area contributed by atoms with Gasteiger partial charge in [-0.3, -0.25) is 4.90 Å². The molecule has 4 nitrogen and oxygen atoms in total. The Labute approximate surface area is 128 Å². The van der Waals surface area contributed by atoms with Crippen LogP contribution < -0.4 is 10.2 Å². The highest BCUT2D eigenvalue weighted by atomic mass is 32.1. The van der Waals surface area contributed by atoms with Crippen molar-refractivity contribution in [3.05, 3.63) is 41.7 Å². The summed E-state index contributed by atoms with van der Waals surface area (Å²) >= 11 is 1.70. The average Bonchev–Trinajstić information content (AvgIpc) is 3.02. The van der Waals surface area contributed by atoms with Crippen LogP contribution in [0.15, 0.2) is 35.8 Å². The van der Waals surface area contributed by atoms with Gasteiger partial charge in [-0.05, 0) is 18.2 Å². The van der Waals surface area contributed by atoms with Crippen molar-refractivity contribution in [2.75, 3.05) is 49.5 Å². The number of hydrogen-bond acceptors (Lipinski definition) is 5. The molecule has 6 heteroatoms. The van der Waals surface area contributed by atoms with Crippen molar-refractivity contribution in [1.82, 2.24) is 9.88 Å². The van der Waals surface area contributed by atoms with E-state index in [1.807, 2.05) is 17.6 Å². The minimum atomic E-state index is -0.197. The van der Waals surface area contributed by atoms with E-state index in [2.05, 4.69) is 20.1 Å². The van der Waals surface area contributed by atoms with Crippen LogP contribution in [-0.2, 0) is 0 Å². The van der Waals surface area contributed by atoms with Crippen molar-refractivity contribution in [2.45, 2.75) is 0 Å². The van der Waals surface area contributed by atoms with Crippen LogP contribution in [0.5, 0.6) is 0 Å². The SMILES string of the molecule is Fc1cccc(NCCN2CCN(c3nccs3)CC2)c1. The third kappa shape index (κ3) is 3.92. The first-order chi connectivity index (χ1) is 10.3. The van der Waals surface area contributed by atoms with E-state index in [0.717, 1.165) is 50.1 Å². The quantitative estimate of drug-likeness (QED) is 0.920. The number of anilines is 2. The second kappa shape index (κ2) is 6.87. The van der Waals surface area contributed by atoms with Crippen LogP contribution in [0.4, 0.5) is 15.2 Å². The summed E-state index contributed by atoms with van der Waals surface area (Å²) in [6, 6.07) is 6.61. The van der Waals surface area contributed by atoms with Gasteiger partial charge in [0.2, 0.25) is 0 Å². The van der Waals surface area contributed by atoms with Gasteiger partial charge in [0.25, 0.3) is 0 Å². The minimum absolute atomic E-state index is 0.197. The number of rotatable bonds is 5. The minimum Gasteiger partial charge on any atom is -0.384 e. The molecule has 112 valence electrons. The molecule has 1 N–H and O–H groups in total. The Balaban J connectivity index is 1.40. The normalized spacial score (nSPS) is 16.1. The lowest BCUT2D eigenvalue weighted by Crippen LogP contribution is -2.47. The van der Waals surface area contributed by atoms with Crippen molar-refractivity contribution >= 4 is 22.2 Å². The fraction of sp³-hybridized carbons (Fsp3) is 0.400. The molecule has 1 aromatic heterocycles. The molecular formula is C15H19FN4S. The van der Waals surface area contributed by atoms with Crippen molar-refractivity contribution < 1.29 is 4.39 Å². The lowest BCUT2D eigenvalue weighted by atomic mass is 10.3. The Hall–Kier alpha value is -1.66. The highest BCUT2D eigenvalue weighted by molar-refractivity contribution is 7.13. The Kier molecular flexibility index (Phi) is 4.67. The Morgan fingerprint density at radius 3 is 2.81 bits per heavy atom. The third-order valence-electron chi connectivity index (χ3n) is 3.64. The van der Waals surface area contributed by atoms with Gasteiger partial charge in [0.15, 0.2) is 5.13 Å². The van der Waals surface area contributed by atoms with Gasteiger partial charge in [0.05, 0.1) is 0 Å². The smallest absolute Gasteiger partial charge is 0.185 e. The molecule has 0 bridgehead atoms. The van der Waals surface area contributed by atoms with E-state index in [9.17, 15) is 4.39 Å². The summed E-state index contributed by atoms with van der Waals surface area (Å²) in [4.78, 5) is 9.11. The highest BCUT2D eigenvalue weighted by Gasteiger charge is 2.17. The molecular weight excluding hydrogens is 287 g/mol. The predicted octanol–water partition coefficient (Wildman–Crippen LogP) is 2.52. The summed E-state index contributed by atoms with van der Waals surface area (Å²) in [5.41, 5.74) is 0.844. The zero-order valence-corrected chi connectivity index (χ0v) is 12.7. The molecule has 0 atom stereocenters. The summed E-state index contributed by atoms with van der Waals surface area (Å²) < 4.78 is 13.1. The molecule has 0 amide bonds. The topological polar surface area (TPSA) is 31.4 Å². The molecule has 1 aliphatic heterocycles. The number of nitrogens with one attached hydrogen (secondary N) is 1. The van der Waals surface area contributed by atoms with Gasteiger partial charge in [0.1, 0.15) is 5.82 Å². The molecule has 1 aliphatic rings. The molecule has 1 aromatic carbocycles. The lowest BCUT2D eigenvalue weighted by molar-refractivity contribution is 0.267. The second-order valence-corrected chi connectivity index (χ2v) is 5.95. The van der Waals surface area contributed by atoms with E-state index >= 15 is 0 Å². The fourth-order valence-electron chi connectivity index (χ4n) is 2.49. The standard InChI is InChI=1S/C15H19FN4S/c16-13-2-1-3-14(12-13)17-4-6-19-7-9-20(10-8-19)15-18-5-11-21-15/h1-3,5,11-12,17H,4,6-10H2. The van der Waals surface area contributed by atoms with Gasteiger partial charge >= 0.3 is 0 Å². The molecule has 1 fully saturated rings. The number of aromatic nitrogens is 1. The van der Waals surface area contributed by atoms with E-state index < -0.39 is 0 Å². The van der Waals surface area contributed by atoms with Crippen LogP contribution in [0.1, 0.15) is 0 Å². The molecule has 21 heavy (non-hydrogen) atoms. The van der Waals surface area contributed by atoms with E-state index in [0.29, 0.717) is 0 Å². The first kappa shape index (κ1) is 14.3. The monoisotopic (exact) mass is 306 g/mol. The fourth-order valence-corrected chi connectivity index (χ4v) is 3.19. The zero-order chi connectivity index (χ0) is 14.5. The van der Waals surface area contributed by atoms with Crippen LogP contribution >= 0.6 is 11.3 Å². The molecule has 0 radical (unpaired) electrons. The summed E-state index contributed by atoms with van der Waals surface area (Å²) in [6.45, 7) is 5.94. The number of nitrogens with zero attached hydrogens (tertiary/aromatic N) is 3. The van der Waals surface area contributed by atoms with Crippen LogP contribution in [0.2, 0.25) is 0 Å². The van der Waals surface area contributed by atoms with Crippen molar-refractivity contribution in [2.24, 2.45) is 0 Å². The van der Waals surface area contributed by atoms with Crippen LogP contribution in [-0.4, -0.2) is 49.2 Å². The average molecular weight is 306 g/mol. The summed E-state index contributed by atoms with van der Waals surface area (Å²) in [5, 5.41) is 6.40. The predicted molar refractivity (Wildman–Crippen MR) is 85.7 cm³/mol. The lowest BCUT2D eigenvalue weighted by Gasteiger charge is -2.34. The van der Waals surface area contributed by atoms with Gasteiger partial charge in [-0.15, -0.1) is 11.3 Å². The third-order valence-corrected chi connectivity index (χ3v) is 4.48. The van der Waals surface area contributed by atoms with Gasteiger partial charge in [0, 0.05) is 56.5 Å². The number of benzene rings is 1. The molecule has 0 aliphatic carbocycles. The largest absolute Gasteiger partial charge is 0.384 e. The first-order valence-corrected chi connectivity index (χ1v) is 8.05. The van der Waals surface area contributed by atoms with Gasteiger partial charge in [-0.25, -0.2) is 9.37 Å². The Bertz CT molecular complexity index is 553. The Morgan fingerprint density at radius 2 is 2.10 bits per heavy atom. The molecule has 0 saturated carbocycles. The van der Waals surface area contributed by atoms with Gasteiger partial charge in [-0.2, -0.15) is 0 Å². The molecule has 2 heterocycles. The number of hydrogen-bond donors (Lipinski definition) is 1. The molecule has 2 aromatic rings. The number of thiazole rings is 1. The molecule has 0 spiro atoms. The van der Waals surface area contributed by atoms with Crippen LogP contribution in [0.3, 0.4) is 0 Å². The van der Waals surface area contributed by atoms with Crippen molar-refractivity contribution in [1.29, 1.82) is 0 Å². The number of piperazine rings is 1. The second-order valence-electron chi connectivity index (χ2n) is 5.08. The number of halogens is 1. The van der Waals surface area contributed by atoms with Crippen LogP contribution in [0, 0.1) is 5.82 Å². The first-order valence-electron chi connectivity index (χ1n) is 7.17. The van der Waals surface area contributed by atoms with Crippen molar-refractivity contribution in [3.8, 4) is 0 Å². The maximum absolute atomic E-state index is 13.1. The van der Waals surface area contributed by atoms with E-state index in [-0.39, 0.29) is 5.82 Å². The molecule has 0 unspecified atom stereocenters. The molecule has 3 rings (SSSR count). The van der Waals surface area contributed by atoms with Crippen LogP contribution in [0.25, 0.3) is 0 Å². The summed E-state index contributed by atoms with van der Waals surface area (Å²) in [7, 11) is 0. The zero-order valence-electron chi connectivity index (χ0n) is 11.8.